The Labute approximate surface area is 406 Å². The first kappa shape index (κ1) is 63.2. The Morgan fingerprint density at radius 1 is 0.530 bits per heavy atom. The summed E-state index contributed by atoms with van der Waals surface area (Å²) in [5, 5.41) is 13.9. The molecule has 0 radical (unpaired) electrons. The molecular weight excluding hydrogens is 840 g/mol. The molecule has 0 bridgehead atoms. The van der Waals surface area contributed by atoms with Gasteiger partial charge in [0.25, 0.3) is 0 Å². The molecule has 0 saturated carbocycles. The number of likely N-dealkylation sites (N-methyl/N-ethyl adjacent to an activating group) is 1. The lowest BCUT2D eigenvalue weighted by Gasteiger charge is -2.26. The maximum absolute atomic E-state index is 12.9. The maximum Gasteiger partial charge on any atom is 0.472 e. The van der Waals surface area contributed by atoms with Gasteiger partial charge in [-0.3, -0.25) is 13.8 Å². The number of aliphatic hydroxyl groups is 1. The van der Waals surface area contributed by atoms with Crippen molar-refractivity contribution in [2.75, 3.05) is 40.9 Å². The quantitative estimate of drug-likeness (QED) is 0.0243. The van der Waals surface area contributed by atoms with E-state index in [1.807, 2.05) is 21.1 Å². The SMILES string of the molecule is CC/C=C\C/C=C\C/C=C\C/C=C\C/C=C\C/C=C\C/C=C\C/C=C\C/C=C\CCCCCCCC(=O)NC(COP(=O)(O)OCC[N+](C)(C)C)C(O)CCCCCCCCCCCCC. The molecule has 0 rings (SSSR count). The first-order valence-corrected chi connectivity index (χ1v) is 27.7. The van der Waals surface area contributed by atoms with Crippen molar-refractivity contribution < 1.29 is 32.9 Å². The molecule has 66 heavy (non-hydrogen) atoms. The van der Waals surface area contributed by atoms with Gasteiger partial charge in [0.15, 0.2) is 0 Å². The number of hydrogen-bond donors (Lipinski definition) is 3. The zero-order chi connectivity index (χ0) is 48.5. The second-order valence-corrected chi connectivity index (χ2v) is 20.0. The van der Waals surface area contributed by atoms with E-state index in [1.54, 1.807) is 0 Å². The van der Waals surface area contributed by atoms with Crippen LogP contribution in [0, 0.1) is 0 Å². The summed E-state index contributed by atoms with van der Waals surface area (Å²) in [7, 11) is 1.58. The van der Waals surface area contributed by atoms with Gasteiger partial charge in [0.05, 0.1) is 39.9 Å². The van der Waals surface area contributed by atoms with Gasteiger partial charge in [-0.2, -0.15) is 0 Å². The Hall–Kier alpha value is -2.84. The monoisotopic (exact) mass is 940 g/mol. The highest BCUT2D eigenvalue weighted by molar-refractivity contribution is 7.47. The molecule has 3 unspecified atom stereocenters. The molecule has 0 aromatic carbocycles. The van der Waals surface area contributed by atoms with Crippen molar-refractivity contribution in [1.82, 2.24) is 5.32 Å². The van der Waals surface area contributed by atoms with E-state index in [-0.39, 0.29) is 19.1 Å². The van der Waals surface area contributed by atoms with Crippen LogP contribution in [0.5, 0.6) is 0 Å². The zero-order valence-corrected chi connectivity index (χ0v) is 43.8. The van der Waals surface area contributed by atoms with Crippen LogP contribution >= 0.6 is 7.82 Å². The first-order valence-electron chi connectivity index (χ1n) is 26.3. The van der Waals surface area contributed by atoms with Crippen LogP contribution in [-0.2, 0) is 18.4 Å². The van der Waals surface area contributed by atoms with E-state index in [9.17, 15) is 19.4 Å². The summed E-state index contributed by atoms with van der Waals surface area (Å²) < 4.78 is 23.6. The van der Waals surface area contributed by atoms with Gasteiger partial charge in [-0.1, -0.05) is 213 Å². The van der Waals surface area contributed by atoms with Gasteiger partial charge < -0.3 is 19.8 Å². The average Bonchev–Trinajstić information content (AvgIpc) is 3.28. The number of unbranched alkanes of at least 4 members (excludes halogenated alkanes) is 15. The first-order chi connectivity index (χ1) is 32.0. The smallest absolute Gasteiger partial charge is 0.391 e. The van der Waals surface area contributed by atoms with Crippen LogP contribution in [0.4, 0.5) is 0 Å². The average molecular weight is 940 g/mol. The van der Waals surface area contributed by atoms with Gasteiger partial charge in [-0.15, -0.1) is 0 Å². The van der Waals surface area contributed by atoms with Crippen molar-refractivity contribution >= 4 is 13.7 Å². The molecule has 0 aromatic heterocycles. The number of quaternary nitrogens is 1. The molecule has 3 atom stereocenters. The Morgan fingerprint density at radius 3 is 1.33 bits per heavy atom. The number of carbonyl (C=O) groups excluding carboxylic acids is 1. The molecule has 0 aromatic rings. The minimum absolute atomic E-state index is 0.0645. The highest BCUT2D eigenvalue weighted by Crippen LogP contribution is 2.43. The van der Waals surface area contributed by atoms with E-state index in [0.717, 1.165) is 116 Å². The summed E-state index contributed by atoms with van der Waals surface area (Å²) in [6.45, 7) is 4.72. The van der Waals surface area contributed by atoms with Crippen LogP contribution in [0.15, 0.2) is 109 Å². The highest BCUT2D eigenvalue weighted by atomic mass is 31.2. The Bertz CT molecular complexity index is 1440. The van der Waals surface area contributed by atoms with Crippen molar-refractivity contribution in [3.05, 3.63) is 109 Å². The van der Waals surface area contributed by atoms with Crippen LogP contribution in [0.3, 0.4) is 0 Å². The Morgan fingerprint density at radius 2 is 0.909 bits per heavy atom. The summed E-state index contributed by atoms with van der Waals surface area (Å²) in [5.41, 5.74) is 0. The number of carbonyl (C=O) groups is 1. The third kappa shape index (κ3) is 49.1. The number of nitrogens with one attached hydrogen (secondary N) is 1. The number of rotatable bonds is 46. The molecule has 0 saturated heterocycles. The van der Waals surface area contributed by atoms with Crippen LogP contribution in [-0.4, -0.2) is 73.4 Å². The van der Waals surface area contributed by atoms with E-state index in [4.69, 9.17) is 9.05 Å². The molecule has 0 aliphatic rings. The van der Waals surface area contributed by atoms with E-state index in [2.05, 4.69) is 129 Å². The number of aliphatic hydroxyl groups excluding tert-OH is 1. The lowest BCUT2D eigenvalue weighted by Crippen LogP contribution is -2.46. The number of phosphoric ester groups is 1. The molecular formula is C57H100N2O6P+. The fourth-order valence-electron chi connectivity index (χ4n) is 6.92. The van der Waals surface area contributed by atoms with E-state index in [1.165, 1.54) is 51.4 Å². The van der Waals surface area contributed by atoms with Gasteiger partial charge >= 0.3 is 7.82 Å². The normalized spacial score (nSPS) is 15.0. The predicted octanol–water partition coefficient (Wildman–Crippen LogP) is 15.6. The third-order valence-electron chi connectivity index (χ3n) is 11.0. The second kappa shape index (κ2) is 47.2. The summed E-state index contributed by atoms with van der Waals surface area (Å²) in [5.74, 6) is -0.170. The van der Waals surface area contributed by atoms with Gasteiger partial charge in [0, 0.05) is 6.42 Å². The van der Waals surface area contributed by atoms with Crippen molar-refractivity contribution in [1.29, 1.82) is 0 Å². The van der Waals surface area contributed by atoms with E-state index < -0.39 is 20.0 Å². The molecule has 1 amide bonds. The minimum Gasteiger partial charge on any atom is -0.391 e. The molecule has 9 heteroatoms. The van der Waals surface area contributed by atoms with Crippen LogP contribution in [0.2, 0.25) is 0 Å². The fourth-order valence-corrected chi connectivity index (χ4v) is 7.66. The van der Waals surface area contributed by atoms with Crippen LogP contribution < -0.4 is 5.32 Å². The van der Waals surface area contributed by atoms with Gasteiger partial charge in [-0.25, -0.2) is 4.57 Å². The van der Waals surface area contributed by atoms with Crippen molar-refractivity contribution in [3.8, 4) is 0 Å². The number of amides is 1. The van der Waals surface area contributed by atoms with Crippen molar-refractivity contribution in [2.24, 2.45) is 0 Å². The van der Waals surface area contributed by atoms with Crippen molar-refractivity contribution in [2.45, 2.75) is 206 Å². The topological polar surface area (TPSA) is 105 Å². The summed E-state index contributed by atoms with van der Waals surface area (Å²) in [6.07, 6.45) is 68.5. The number of hydrogen-bond acceptors (Lipinski definition) is 5. The lowest BCUT2D eigenvalue weighted by molar-refractivity contribution is -0.870. The molecule has 0 spiro atoms. The van der Waals surface area contributed by atoms with E-state index >= 15 is 0 Å². The molecule has 378 valence electrons. The van der Waals surface area contributed by atoms with Crippen LogP contribution in [0.25, 0.3) is 0 Å². The molecule has 0 aliphatic carbocycles. The summed E-state index contributed by atoms with van der Waals surface area (Å²) in [6, 6.07) is -0.778. The molecule has 8 nitrogen and oxygen atoms in total. The highest BCUT2D eigenvalue weighted by Gasteiger charge is 2.28. The molecule has 3 N–H and O–H groups in total. The summed E-state index contributed by atoms with van der Waals surface area (Å²) >= 11 is 0. The Kier molecular flexibility index (Phi) is 45.2. The number of nitrogens with zero attached hydrogens (tertiary/aromatic N) is 1. The van der Waals surface area contributed by atoms with Gasteiger partial charge in [0.1, 0.15) is 13.2 Å². The summed E-state index contributed by atoms with van der Waals surface area (Å²) in [4.78, 5) is 23.2. The number of phosphoric acid groups is 1. The van der Waals surface area contributed by atoms with Crippen LogP contribution in [0.1, 0.15) is 194 Å². The fraction of sp³-hybridized carbons (Fsp3) is 0.667. The van der Waals surface area contributed by atoms with Gasteiger partial charge in [-0.05, 0) is 83.5 Å². The molecule has 0 aliphatic heterocycles. The van der Waals surface area contributed by atoms with Crippen molar-refractivity contribution in [3.63, 3.8) is 0 Å². The maximum atomic E-state index is 12.9. The van der Waals surface area contributed by atoms with Gasteiger partial charge in [0.2, 0.25) is 5.91 Å². The minimum atomic E-state index is -4.33. The zero-order valence-electron chi connectivity index (χ0n) is 42.9. The van der Waals surface area contributed by atoms with E-state index in [0.29, 0.717) is 23.9 Å². The Balaban J connectivity index is 4.21. The third-order valence-corrected chi connectivity index (χ3v) is 12.0. The number of allylic oxidation sites excluding steroid dienone is 18. The second-order valence-electron chi connectivity index (χ2n) is 18.5. The molecule has 0 fully saturated rings. The largest absolute Gasteiger partial charge is 0.472 e. The lowest BCUT2D eigenvalue weighted by atomic mass is 10.0. The molecule has 0 heterocycles. The predicted molar refractivity (Wildman–Crippen MR) is 285 cm³/mol. The standard InChI is InChI=1S/C57H99N2O6P/c1-6-8-10-12-14-16-18-19-20-21-22-23-24-25-26-27-28-29-30-31-32-33-34-35-36-37-38-39-41-43-45-47-49-51-57(61)58-55(54-65-66(62,63)64-53-52-59(3,4)5)56(60)50-48-46-44-42-40-17-15-13-11-9-7-2/h8,10,14,16,19-20,22-23,25-26,28-29,31-32,34-35,37-38,55-56,60H,6-7,9,11-13,15,17-18,21,24,27,30,33,36,39-54H2,1-5H3,(H-,58,61,62,63)/p+1/b10-8-,16-14-,20-19-,23-22-,26-25-,29-28-,32-31-,35-34-,38-37-.